The molecule has 0 aliphatic carbocycles. The zero-order valence-corrected chi connectivity index (χ0v) is 14.0. The van der Waals surface area contributed by atoms with Crippen molar-refractivity contribution in [3.8, 4) is 0 Å². The summed E-state index contributed by atoms with van der Waals surface area (Å²) >= 11 is 0. The number of carbonyl (C=O) groups is 1. The first kappa shape index (κ1) is 16.0. The lowest BCUT2D eigenvalue weighted by Crippen LogP contribution is -2.22. The van der Waals surface area contributed by atoms with E-state index in [1.165, 1.54) is 6.08 Å². The second-order valence-electron chi connectivity index (χ2n) is 6.69. The van der Waals surface area contributed by atoms with Gasteiger partial charge >= 0.3 is 5.97 Å². The molecule has 0 spiro atoms. The van der Waals surface area contributed by atoms with Crippen LogP contribution in [0.25, 0.3) is 27.9 Å². The van der Waals surface area contributed by atoms with Crippen molar-refractivity contribution in [2.45, 2.75) is 26.4 Å². The molecule has 3 rings (SSSR count). The zero-order chi connectivity index (χ0) is 17.3. The minimum absolute atomic E-state index is 0.368. The molecule has 24 heavy (non-hydrogen) atoms. The minimum atomic E-state index is -0.502. The number of pyridine rings is 1. The molecule has 0 saturated carbocycles. The molecule has 0 unspecified atom stereocenters. The van der Waals surface area contributed by atoms with Gasteiger partial charge in [-0.1, -0.05) is 24.3 Å². The van der Waals surface area contributed by atoms with Crippen molar-refractivity contribution >= 4 is 39.5 Å². The van der Waals surface area contributed by atoms with Crippen molar-refractivity contribution < 1.29 is 9.53 Å². The Balaban J connectivity index is 1.98. The molecule has 1 aromatic heterocycles. The first-order chi connectivity index (χ1) is 11.3. The fraction of sp³-hybridized carbons (Fsp3) is 0.200. The van der Waals surface area contributed by atoms with Crippen LogP contribution in [0.3, 0.4) is 0 Å². The predicted molar refractivity (Wildman–Crippen MR) is 98.5 cm³/mol. The van der Waals surface area contributed by atoms with Gasteiger partial charge in [0, 0.05) is 16.8 Å². The summed E-state index contributed by atoms with van der Waals surface area (Å²) in [6.45, 7) is 5.52. The Labute approximate surface area is 140 Å². The number of nitrogens with two attached hydrogens (primary N) is 1. The normalized spacial score (nSPS) is 12.1. The van der Waals surface area contributed by atoms with Crippen LogP contribution in [0.2, 0.25) is 0 Å². The maximum absolute atomic E-state index is 11.8. The second kappa shape index (κ2) is 5.96. The smallest absolute Gasteiger partial charge is 0.331 e. The molecule has 122 valence electrons. The first-order valence-corrected chi connectivity index (χ1v) is 7.82. The molecule has 0 saturated heterocycles. The molecule has 2 aromatic carbocycles. The van der Waals surface area contributed by atoms with Crippen LogP contribution >= 0.6 is 0 Å². The van der Waals surface area contributed by atoms with Crippen molar-refractivity contribution in [3.05, 3.63) is 54.1 Å². The average Bonchev–Trinajstić information content (AvgIpc) is 2.52. The Kier molecular flexibility index (Phi) is 3.97. The number of benzene rings is 2. The van der Waals surface area contributed by atoms with E-state index in [1.54, 1.807) is 6.08 Å². The number of nitrogens with zero attached hydrogens (tertiary/aromatic N) is 1. The highest BCUT2D eigenvalue weighted by molar-refractivity contribution is 6.06. The summed E-state index contributed by atoms with van der Waals surface area (Å²) in [5.74, 6) is -0.368. The van der Waals surface area contributed by atoms with Crippen LogP contribution in [0.15, 0.2) is 48.5 Å². The molecule has 0 aliphatic heterocycles. The van der Waals surface area contributed by atoms with Gasteiger partial charge in [-0.15, -0.1) is 0 Å². The summed E-state index contributed by atoms with van der Waals surface area (Å²) in [6.07, 6.45) is 3.15. The van der Waals surface area contributed by atoms with Crippen LogP contribution in [0.5, 0.6) is 0 Å². The van der Waals surface area contributed by atoms with E-state index in [0.717, 1.165) is 27.4 Å². The summed E-state index contributed by atoms with van der Waals surface area (Å²) in [5, 5.41) is 1.80. The van der Waals surface area contributed by atoms with Gasteiger partial charge in [0.1, 0.15) is 5.60 Å². The van der Waals surface area contributed by atoms with Crippen LogP contribution in [-0.4, -0.2) is 16.6 Å². The lowest BCUT2D eigenvalue weighted by molar-refractivity contribution is -0.148. The molecular weight excluding hydrogens is 300 g/mol. The van der Waals surface area contributed by atoms with Crippen LogP contribution < -0.4 is 5.73 Å². The number of aromatic nitrogens is 1. The van der Waals surface area contributed by atoms with E-state index in [4.69, 9.17) is 10.5 Å². The molecule has 4 heteroatoms. The average molecular weight is 320 g/mol. The van der Waals surface area contributed by atoms with E-state index in [-0.39, 0.29) is 5.97 Å². The molecule has 3 aromatic rings. The predicted octanol–water partition coefficient (Wildman–Crippen LogP) is 4.33. The van der Waals surface area contributed by atoms with E-state index in [9.17, 15) is 4.79 Å². The van der Waals surface area contributed by atoms with Crippen LogP contribution in [0.4, 0.5) is 5.69 Å². The van der Waals surface area contributed by atoms with Crippen molar-refractivity contribution in [2.75, 3.05) is 5.73 Å². The Morgan fingerprint density at radius 3 is 2.54 bits per heavy atom. The Bertz CT molecular complexity index is 953. The van der Waals surface area contributed by atoms with Gasteiger partial charge in [-0.05, 0) is 50.6 Å². The fourth-order valence-electron chi connectivity index (χ4n) is 2.54. The van der Waals surface area contributed by atoms with Gasteiger partial charge in [0.2, 0.25) is 0 Å². The quantitative estimate of drug-likeness (QED) is 0.434. The number of nitrogen functional groups attached to an aromatic ring is 1. The largest absolute Gasteiger partial charge is 0.457 e. The molecule has 0 aliphatic rings. The summed E-state index contributed by atoms with van der Waals surface area (Å²) in [7, 11) is 0. The van der Waals surface area contributed by atoms with Crippen molar-refractivity contribution in [2.24, 2.45) is 0 Å². The van der Waals surface area contributed by atoms with Gasteiger partial charge in [0.15, 0.2) is 0 Å². The molecule has 0 atom stereocenters. The number of esters is 1. The lowest BCUT2D eigenvalue weighted by atomic mass is 10.1. The summed E-state index contributed by atoms with van der Waals surface area (Å²) < 4.78 is 5.27. The summed E-state index contributed by atoms with van der Waals surface area (Å²) in [5.41, 5.74) is 9.08. The first-order valence-electron chi connectivity index (χ1n) is 7.82. The lowest BCUT2D eigenvalue weighted by Gasteiger charge is -2.17. The number of hydrogen-bond acceptors (Lipinski definition) is 4. The number of carbonyl (C=O) groups excluding carboxylic acids is 1. The van der Waals surface area contributed by atoms with Crippen molar-refractivity contribution in [3.63, 3.8) is 0 Å². The molecular formula is C20H20N2O2. The molecule has 2 N–H and O–H groups in total. The van der Waals surface area contributed by atoms with Gasteiger partial charge in [-0.3, -0.25) is 0 Å². The minimum Gasteiger partial charge on any atom is -0.457 e. The van der Waals surface area contributed by atoms with Crippen molar-refractivity contribution in [1.82, 2.24) is 4.98 Å². The molecule has 1 heterocycles. The monoisotopic (exact) mass is 320 g/mol. The van der Waals surface area contributed by atoms with Gasteiger partial charge in [-0.2, -0.15) is 0 Å². The van der Waals surface area contributed by atoms with Crippen molar-refractivity contribution in [1.29, 1.82) is 0 Å². The van der Waals surface area contributed by atoms with Crippen LogP contribution in [0, 0.1) is 0 Å². The second-order valence-corrected chi connectivity index (χ2v) is 6.69. The highest BCUT2D eigenvalue weighted by atomic mass is 16.6. The third-order valence-electron chi connectivity index (χ3n) is 3.56. The molecule has 4 nitrogen and oxygen atoms in total. The van der Waals surface area contributed by atoms with E-state index < -0.39 is 5.60 Å². The molecule has 0 bridgehead atoms. The third-order valence-corrected chi connectivity index (χ3v) is 3.56. The van der Waals surface area contributed by atoms with E-state index in [0.29, 0.717) is 5.69 Å². The summed E-state index contributed by atoms with van der Waals surface area (Å²) in [6, 6.07) is 13.5. The molecule has 0 amide bonds. The molecule has 0 fully saturated rings. The highest BCUT2D eigenvalue weighted by Gasteiger charge is 2.14. The van der Waals surface area contributed by atoms with Gasteiger partial charge in [-0.25, -0.2) is 9.78 Å². The van der Waals surface area contributed by atoms with Gasteiger partial charge in [0.05, 0.1) is 16.7 Å². The van der Waals surface area contributed by atoms with Crippen LogP contribution in [-0.2, 0) is 9.53 Å². The Morgan fingerprint density at radius 1 is 1.08 bits per heavy atom. The SMILES string of the molecule is CC(C)(C)OC(=O)/C=C/c1ccc2nc3ccccc3c(N)c2c1. The maximum Gasteiger partial charge on any atom is 0.331 e. The number of ether oxygens (including phenoxy) is 1. The van der Waals surface area contributed by atoms with E-state index in [1.807, 2.05) is 63.2 Å². The van der Waals surface area contributed by atoms with Crippen LogP contribution in [0.1, 0.15) is 26.3 Å². The van der Waals surface area contributed by atoms with Gasteiger partial charge in [0.25, 0.3) is 0 Å². The van der Waals surface area contributed by atoms with E-state index >= 15 is 0 Å². The fourth-order valence-corrected chi connectivity index (χ4v) is 2.54. The highest BCUT2D eigenvalue weighted by Crippen LogP contribution is 2.29. The number of para-hydroxylation sites is 1. The standard InChI is InChI=1S/C20H20N2O2/c1-20(2,3)24-18(23)11-9-13-8-10-17-15(12-13)19(21)14-6-4-5-7-16(14)22-17/h4-12H,1-3H3,(H2,21,22)/b11-9+. The Morgan fingerprint density at radius 2 is 1.79 bits per heavy atom. The number of fused-ring (bicyclic) bond motifs is 2. The van der Waals surface area contributed by atoms with E-state index in [2.05, 4.69) is 4.98 Å². The topological polar surface area (TPSA) is 65.2 Å². The maximum atomic E-state index is 11.8. The zero-order valence-electron chi connectivity index (χ0n) is 14.0. The third kappa shape index (κ3) is 3.38. The van der Waals surface area contributed by atoms with Gasteiger partial charge < -0.3 is 10.5 Å². The number of hydrogen-bond donors (Lipinski definition) is 1. The number of rotatable bonds is 2. The summed E-state index contributed by atoms with van der Waals surface area (Å²) in [4.78, 5) is 16.4. The molecule has 0 radical (unpaired) electrons. The number of anilines is 1. The Hall–Kier alpha value is -2.88.